The Kier molecular flexibility index (Phi) is 4.73. The fourth-order valence-electron chi connectivity index (χ4n) is 1.95. The minimum absolute atomic E-state index is 0.121. The zero-order chi connectivity index (χ0) is 12.1. The molecular formula is C11H21N3O2. The van der Waals surface area contributed by atoms with E-state index in [2.05, 4.69) is 17.6 Å². The summed E-state index contributed by atoms with van der Waals surface area (Å²) in [5.41, 5.74) is 5.09. The quantitative estimate of drug-likeness (QED) is 0.619. The van der Waals surface area contributed by atoms with Crippen LogP contribution in [0.5, 0.6) is 0 Å². The number of hydrogen-bond acceptors (Lipinski definition) is 3. The van der Waals surface area contributed by atoms with Crippen molar-refractivity contribution in [3.05, 3.63) is 0 Å². The maximum atomic E-state index is 11.8. The van der Waals surface area contributed by atoms with Crippen molar-refractivity contribution in [1.29, 1.82) is 0 Å². The second-order valence-corrected chi connectivity index (χ2v) is 4.44. The molecule has 0 aromatic heterocycles. The third kappa shape index (κ3) is 3.48. The molecule has 0 aromatic carbocycles. The van der Waals surface area contributed by atoms with Gasteiger partial charge < -0.3 is 16.4 Å². The molecular weight excluding hydrogens is 206 g/mol. The molecule has 0 bridgehead atoms. The number of carbonyl (C=O) groups is 2. The highest BCUT2D eigenvalue weighted by atomic mass is 16.2. The first-order valence-electron chi connectivity index (χ1n) is 5.87. The van der Waals surface area contributed by atoms with Crippen LogP contribution in [0.15, 0.2) is 0 Å². The summed E-state index contributed by atoms with van der Waals surface area (Å²) in [5, 5.41) is 5.78. The highest BCUT2D eigenvalue weighted by Crippen LogP contribution is 2.19. The summed E-state index contributed by atoms with van der Waals surface area (Å²) in [5.74, 6) is -0.0264. The number of rotatable bonds is 4. The molecule has 3 unspecified atom stereocenters. The van der Waals surface area contributed by atoms with E-state index >= 15 is 0 Å². The molecule has 1 saturated heterocycles. The summed E-state index contributed by atoms with van der Waals surface area (Å²) < 4.78 is 0. The summed E-state index contributed by atoms with van der Waals surface area (Å²) in [6.45, 7) is 4.60. The molecule has 16 heavy (non-hydrogen) atoms. The summed E-state index contributed by atoms with van der Waals surface area (Å²) >= 11 is 0. The largest absolute Gasteiger partial charge is 0.368 e. The molecule has 1 aliphatic heterocycles. The van der Waals surface area contributed by atoms with E-state index in [0.29, 0.717) is 5.92 Å². The average Bonchev–Trinajstić information content (AvgIpc) is 2.28. The third-order valence-corrected chi connectivity index (χ3v) is 3.19. The van der Waals surface area contributed by atoms with Crippen molar-refractivity contribution in [2.75, 3.05) is 6.54 Å². The van der Waals surface area contributed by atoms with E-state index in [0.717, 1.165) is 25.8 Å². The summed E-state index contributed by atoms with van der Waals surface area (Å²) in [4.78, 5) is 22.6. The van der Waals surface area contributed by atoms with Crippen LogP contribution in [-0.4, -0.2) is 30.4 Å². The van der Waals surface area contributed by atoms with Gasteiger partial charge in [-0.3, -0.25) is 9.59 Å². The molecule has 0 spiro atoms. The van der Waals surface area contributed by atoms with Gasteiger partial charge in [-0.2, -0.15) is 0 Å². The normalized spacial score (nSPS) is 27.1. The van der Waals surface area contributed by atoms with Crippen LogP contribution in [0.4, 0.5) is 0 Å². The number of amides is 2. The standard InChI is InChI=1S/C11H21N3O2/c1-3-8-4-5-13-9(6-8)11(16)14-7(2)10(12)15/h7-9,13H,3-6H2,1-2H3,(H2,12,15)(H,14,16). The van der Waals surface area contributed by atoms with Crippen LogP contribution < -0.4 is 16.4 Å². The van der Waals surface area contributed by atoms with Crippen LogP contribution in [0.25, 0.3) is 0 Å². The number of nitrogens with one attached hydrogen (secondary N) is 2. The lowest BCUT2D eigenvalue weighted by Gasteiger charge is -2.29. The Hall–Kier alpha value is -1.10. The zero-order valence-electron chi connectivity index (χ0n) is 9.95. The molecule has 0 saturated carbocycles. The Labute approximate surface area is 96.1 Å². The maximum absolute atomic E-state index is 11.8. The SMILES string of the molecule is CCC1CCNC(C(=O)NC(C)C(N)=O)C1. The van der Waals surface area contributed by atoms with Crippen molar-refractivity contribution < 1.29 is 9.59 Å². The molecule has 1 heterocycles. The van der Waals surface area contributed by atoms with Gasteiger partial charge in [-0.1, -0.05) is 13.3 Å². The molecule has 1 fully saturated rings. The number of nitrogens with two attached hydrogens (primary N) is 1. The lowest BCUT2D eigenvalue weighted by Crippen LogP contribution is -2.53. The minimum atomic E-state index is -0.601. The minimum Gasteiger partial charge on any atom is -0.368 e. The molecule has 1 aliphatic rings. The Morgan fingerprint density at radius 3 is 2.81 bits per heavy atom. The molecule has 4 N–H and O–H groups in total. The fourth-order valence-corrected chi connectivity index (χ4v) is 1.95. The lowest BCUT2D eigenvalue weighted by molar-refractivity contribution is -0.128. The van der Waals surface area contributed by atoms with Crippen molar-refractivity contribution in [3.63, 3.8) is 0 Å². The smallest absolute Gasteiger partial charge is 0.239 e. The van der Waals surface area contributed by atoms with Gasteiger partial charge in [0.2, 0.25) is 11.8 Å². The molecule has 0 aliphatic carbocycles. The van der Waals surface area contributed by atoms with Crippen molar-refractivity contribution in [3.8, 4) is 0 Å². The predicted octanol–water partition coefficient (Wildman–Crippen LogP) is -0.245. The summed E-state index contributed by atoms with van der Waals surface area (Å²) in [6.07, 6.45) is 3.05. The van der Waals surface area contributed by atoms with Crippen molar-refractivity contribution in [1.82, 2.24) is 10.6 Å². The average molecular weight is 227 g/mol. The molecule has 1 rings (SSSR count). The molecule has 3 atom stereocenters. The Morgan fingerprint density at radius 1 is 1.56 bits per heavy atom. The van der Waals surface area contributed by atoms with Gasteiger partial charge in [0.05, 0.1) is 6.04 Å². The first kappa shape index (κ1) is 13.0. The van der Waals surface area contributed by atoms with E-state index in [1.165, 1.54) is 0 Å². The Balaban J connectivity index is 2.44. The number of carbonyl (C=O) groups excluding carboxylic acids is 2. The van der Waals surface area contributed by atoms with Crippen molar-refractivity contribution in [2.45, 2.75) is 45.2 Å². The zero-order valence-corrected chi connectivity index (χ0v) is 9.95. The van der Waals surface area contributed by atoms with Gasteiger partial charge in [-0.25, -0.2) is 0 Å². The second kappa shape index (κ2) is 5.84. The van der Waals surface area contributed by atoms with Gasteiger partial charge in [-0.05, 0) is 32.2 Å². The van der Waals surface area contributed by atoms with Crippen LogP contribution in [0.2, 0.25) is 0 Å². The van der Waals surface area contributed by atoms with Gasteiger partial charge in [0.15, 0.2) is 0 Å². The van der Waals surface area contributed by atoms with Crippen LogP contribution in [-0.2, 0) is 9.59 Å². The molecule has 0 radical (unpaired) electrons. The Morgan fingerprint density at radius 2 is 2.25 bits per heavy atom. The first-order chi connectivity index (χ1) is 7.54. The first-order valence-corrected chi connectivity index (χ1v) is 5.87. The van der Waals surface area contributed by atoms with Crippen LogP contribution in [0.1, 0.15) is 33.1 Å². The highest BCUT2D eigenvalue weighted by Gasteiger charge is 2.27. The van der Waals surface area contributed by atoms with Crippen LogP contribution in [0.3, 0.4) is 0 Å². The molecule has 5 heteroatoms. The number of primary amides is 1. The second-order valence-electron chi connectivity index (χ2n) is 4.44. The van der Waals surface area contributed by atoms with Crippen LogP contribution >= 0.6 is 0 Å². The third-order valence-electron chi connectivity index (χ3n) is 3.19. The molecule has 92 valence electrons. The monoisotopic (exact) mass is 227 g/mol. The van der Waals surface area contributed by atoms with E-state index in [1.807, 2.05) is 0 Å². The topological polar surface area (TPSA) is 84.2 Å². The van der Waals surface area contributed by atoms with Gasteiger partial charge in [-0.15, -0.1) is 0 Å². The van der Waals surface area contributed by atoms with Crippen LogP contribution in [0, 0.1) is 5.92 Å². The number of piperidine rings is 1. The maximum Gasteiger partial charge on any atom is 0.239 e. The van der Waals surface area contributed by atoms with Crippen molar-refractivity contribution in [2.24, 2.45) is 11.7 Å². The highest BCUT2D eigenvalue weighted by molar-refractivity contribution is 5.88. The summed E-state index contributed by atoms with van der Waals surface area (Å²) in [7, 11) is 0. The Bertz CT molecular complexity index is 268. The van der Waals surface area contributed by atoms with Gasteiger partial charge in [0.25, 0.3) is 0 Å². The number of hydrogen-bond donors (Lipinski definition) is 3. The fraction of sp³-hybridized carbons (Fsp3) is 0.818. The van der Waals surface area contributed by atoms with E-state index in [9.17, 15) is 9.59 Å². The van der Waals surface area contributed by atoms with E-state index in [1.54, 1.807) is 6.92 Å². The van der Waals surface area contributed by atoms with Gasteiger partial charge in [0.1, 0.15) is 6.04 Å². The molecule has 0 aromatic rings. The van der Waals surface area contributed by atoms with E-state index in [4.69, 9.17) is 5.73 Å². The van der Waals surface area contributed by atoms with E-state index < -0.39 is 11.9 Å². The van der Waals surface area contributed by atoms with Gasteiger partial charge >= 0.3 is 0 Å². The molecule has 2 amide bonds. The predicted molar refractivity (Wildman–Crippen MR) is 61.6 cm³/mol. The van der Waals surface area contributed by atoms with Crippen molar-refractivity contribution >= 4 is 11.8 Å². The molecule has 5 nitrogen and oxygen atoms in total. The van der Waals surface area contributed by atoms with Gasteiger partial charge in [0, 0.05) is 0 Å². The lowest BCUT2D eigenvalue weighted by atomic mass is 9.90. The van der Waals surface area contributed by atoms with E-state index in [-0.39, 0.29) is 11.9 Å². The summed E-state index contributed by atoms with van der Waals surface area (Å²) in [6, 6.07) is -0.781.